The third-order valence-corrected chi connectivity index (χ3v) is 4.47. The Morgan fingerprint density at radius 1 is 0.786 bits per heavy atom. The molecule has 3 rings (SSSR count). The first kappa shape index (κ1) is 19.6. The molecule has 4 nitrogen and oxygen atoms in total. The molecule has 0 aromatic heterocycles. The molecule has 0 aliphatic rings. The summed E-state index contributed by atoms with van der Waals surface area (Å²) in [5, 5.41) is 9.80. The van der Waals surface area contributed by atoms with E-state index in [-0.39, 0.29) is 5.91 Å². The van der Waals surface area contributed by atoms with Crippen molar-refractivity contribution >= 4 is 28.9 Å². The van der Waals surface area contributed by atoms with Gasteiger partial charge in [0, 0.05) is 24.3 Å². The van der Waals surface area contributed by atoms with Crippen molar-refractivity contribution in [2.45, 2.75) is 13.0 Å². The Hall–Kier alpha value is -3.18. The topological polar surface area (TPSA) is 53.2 Å². The molecule has 3 aromatic carbocycles. The molecule has 3 aromatic rings. The van der Waals surface area contributed by atoms with Crippen LogP contribution < -0.4 is 16.0 Å². The van der Waals surface area contributed by atoms with Gasteiger partial charge >= 0.3 is 0 Å². The monoisotopic (exact) mass is 389 g/mol. The summed E-state index contributed by atoms with van der Waals surface area (Å²) in [7, 11) is 0. The number of nitrogens with one attached hydrogen (secondary N) is 3. The van der Waals surface area contributed by atoms with Gasteiger partial charge in [0.1, 0.15) is 0 Å². The van der Waals surface area contributed by atoms with Crippen molar-refractivity contribution in [1.82, 2.24) is 10.6 Å². The highest BCUT2D eigenvalue weighted by molar-refractivity contribution is 7.80. The molecule has 0 aliphatic heterocycles. The zero-order valence-electron chi connectivity index (χ0n) is 15.5. The molecule has 0 atom stereocenters. The van der Waals surface area contributed by atoms with Crippen LogP contribution in [-0.4, -0.2) is 17.6 Å². The van der Waals surface area contributed by atoms with Gasteiger partial charge in [-0.15, -0.1) is 0 Å². The highest BCUT2D eigenvalue weighted by Gasteiger charge is 2.07. The molecular formula is C23H23N3OS. The van der Waals surface area contributed by atoms with E-state index >= 15 is 0 Å². The second-order valence-electron chi connectivity index (χ2n) is 6.37. The number of hydrogen-bond donors (Lipinski definition) is 3. The van der Waals surface area contributed by atoms with E-state index in [1.165, 1.54) is 5.56 Å². The van der Waals surface area contributed by atoms with Gasteiger partial charge < -0.3 is 16.0 Å². The highest BCUT2D eigenvalue weighted by atomic mass is 32.1. The van der Waals surface area contributed by atoms with Gasteiger partial charge in [0.15, 0.2) is 5.11 Å². The molecule has 0 fully saturated rings. The van der Waals surface area contributed by atoms with Gasteiger partial charge in [-0.1, -0.05) is 66.7 Å². The average Bonchev–Trinajstić information content (AvgIpc) is 2.74. The summed E-state index contributed by atoms with van der Waals surface area (Å²) in [6.07, 6.45) is 0.893. The van der Waals surface area contributed by atoms with E-state index in [2.05, 4.69) is 28.1 Å². The molecule has 0 heterocycles. The lowest BCUT2D eigenvalue weighted by Crippen LogP contribution is -2.30. The van der Waals surface area contributed by atoms with Crippen molar-refractivity contribution in [1.29, 1.82) is 0 Å². The Balaban J connectivity index is 1.48. The first-order valence-electron chi connectivity index (χ1n) is 9.22. The molecular weight excluding hydrogens is 366 g/mol. The summed E-state index contributed by atoms with van der Waals surface area (Å²) < 4.78 is 0. The highest BCUT2D eigenvalue weighted by Crippen LogP contribution is 2.11. The second kappa shape index (κ2) is 10.2. The van der Waals surface area contributed by atoms with E-state index in [0.29, 0.717) is 17.2 Å². The van der Waals surface area contributed by atoms with Crippen LogP contribution in [-0.2, 0) is 13.0 Å². The second-order valence-corrected chi connectivity index (χ2v) is 6.77. The number of rotatable bonds is 7. The third-order valence-electron chi connectivity index (χ3n) is 4.22. The van der Waals surface area contributed by atoms with E-state index in [4.69, 9.17) is 12.2 Å². The third kappa shape index (κ3) is 6.21. The largest absolute Gasteiger partial charge is 0.362 e. The Labute approximate surface area is 171 Å². The lowest BCUT2D eigenvalue weighted by atomic mass is 10.1. The minimum absolute atomic E-state index is 0.115. The number of carbonyl (C=O) groups is 1. The number of carbonyl (C=O) groups excluding carboxylic acids is 1. The molecule has 5 heteroatoms. The summed E-state index contributed by atoms with van der Waals surface area (Å²) in [5.41, 5.74) is 3.70. The summed E-state index contributed by atoms with van der Waals surface area (Å²) in [5.74, 6) is -0.115. The van der Waals surface area contributed by atoms with Gasteiger partial charge in [0.05, 0.1) is 0 Å². The van der Waals surface area contributed by atoms with Crippen molar-refractivity contribution in [3.63, 3.8) is 0 Å². The molecule has 142 valence electrons. The van der Waals surface area contributed by atoms with Gasteiger partial charge in [0.2, 0.25) is 0 Å². The van der Waals surface area contributed by atoms with E-state index in [0.717, 1.165) is 24.2 Å². The van der Waals surface area contributed by atoms with Crippen molar-refractivity contribution in [2.75, 3.05) is 11.9 Å². The average molecular weight is 390 g/mol. The van der Waals surface area contributed by atoms with E-state index < -0.39 is 0 Å². The smallest absolute Gasteiger partial charge is 0.251 e. The van der Waals surface area contributed by atoms with Crippen LogP contribution in [0.2, 0.25) is 0 Å². The normalized spacial score (nSPS) is 10.1. The summed E-state index contributed by atoms with van der Waals surface area (Å²) in [6, 6.07) is 27.4. The summed E-state index contributed by atoms with van der Waals surface area (Å²) in [6.45, 7) is 1.24. The van der Waals surface area contributed by atoms with Gasteiger partial charge in [-0.25, -0.2) is 0 Å². The van der Waals surface area contributed by atoms with Crippen LogP contribution in [0.15, 0.2) is 84.9 Å². The molecule has 0 aliphatic carbocycles. The van der Waals surface area contributed by atoms with Crippen LogP contribution in [0.4, 0.5) is 5.69 Å². The van der Waals surface area contributed by atoms with E-state index in [9.17, 15) is 4.79 Å². The molecule has 1 amide bonds. The van der Waals surface area contributed by atoms with Crippen molar-refractivity contribution in [3.05, 3.63) is 102 Å². The Morgan fingerprint density at radius 2 is 1.46 bits per heavy atom. The Bertz CT molecular complexity index is 913. The maximum Gasteiger partial charge on any atom is 0.251 e. The summed E-state index contributed by atoms with van der Waals surface area (Å²) >= 11 is 5.35. The molecule has 3 N–H and O–H groups in total. The number of benzene rings is 3. The van der Waals surface area contributed by atoms with E-state index in [1.807, 2.05) is 60.7 Å². The Morgan fingerprint density at radius 3 is 2.18 bits per heavy atom. The predicted octanol–water partition coefficient (Wildman–Crippen LogP) is 4.15. The van der Waals surface area contributed by atoms with Crippen molar-refractivity contribution < 1.29 is 4.79 Å². The van der Waals surface area contributed by atoms with Crippen molar-refractivity contribution in [3.8, 4) is 0 Å². The van der Waals surface area contributed by atoms with Gasteiger partial charge in [-0.3, -0.25) is 4.79 Å². The molecule has 0 unspecified atom stereocenters. The quantitative estimate of drug-likeness (QED) is 0.532. The molecule has 0 spiro atoms. The standard InChI is InChI=1S/C23H23N3OS/c27-22(25-17-19-10-5-2-6-11-19)20-12-7-13-21(16-20)26-23(28)24-15-14-18-8-3-1-4-9-18/h1-13,16H,14-15,17H2,(H,25,27)(H2,24,26,28). The molecule has 0 radical (unpaired) electrons. The number of amides is 1. The lowest BCUT2D eigenvalue weighted by Gasteiger charge is -2.12. The first-order chi connectivity index (χ1) is 13.7. The molecule has 28 heavy (non-hydrogen) atoms. The first-order valence-corrected chi connectivity index (χ1v) is 9.62. The van der Waals surface area contributed by atoms with Crippen LogP contribution in [0, 0.1) is 0 Å². The zero-order valence-corrected chi connectivity index (χ0v) is 16.3. The fourth-order valence-corrected chi connectivity index (χ4v) is 2.98. The zero-order chi connectivity index (χ0) is 19.6. The molecule has 0 saturated heterocycles. The predicted molar refractivity (Wildman–Crippen MR) is 118 cm³/mol. The van der Waals surface area contributed by atoms with Crippen LogP contribution >= 0.6 is 12.2 Å². The van der Waals surface area contributed by atoms with Gasteiger partial charge in [0.25, 0.3) is 5.91 Å². The maximum atomic E-state index is 12.4. The molecule has 0 bridgehead atoms. The fraction of sp³-hybridized carbons (Fsp3) is 0.130. The van der Waals surface area contributed by atoms with Crippen molar-refractivity contribution in [2.24, 2.45) is 0 Å². The molecule has 0 saturated carbocycles. The summed E-state index contributed by atoms with van der Waals surface area (Å²) in [4.78, 5) is 12.4. The van der Waals surface area contributed by atoms with Gasteiger partial charge in [-0.2, -0.15) is 0 Å². The fourth-order valence-electron chi connectivity index (χ4n) is 2.76. The number of anilines is 1. The number of thiocarbonyl (C=S) groups is 1. The van der Waals surface area contributed by atoms with E-state index in [1.54, 1.807) is 12.1 Å². The van der Waals surface area contributed by atoms with Crippen LogP contribution in [0.25, 0.3) is 0 Å². The van der Waals surface area contributed by atoms with Gasteiger partial charge in [-0.05, 0) is 48.0 Å². The SMILES string of the molecule is O=C(NCc1ccccc1)c1cccc(NC(=S)NCCc2ccccc2)c1. The Kier molecular flexibility index (Phi) is 7.15. The van der Waals surface area contributed by atoms with Crippen LogP contribution in [0.1, 0.15) is 21.5 Å². The number of hydrogen-bond acceptors (Lipinski definition) is 2. The minimum atomic E-state index is -0.115. The van der Waals surface area contributed by atoms with Crippen LogP contribution in [0.5, 0.6) is 0 Å². The maximum absolute atomic E-state index is 12.4. The minimum Gasteiger partial charge on any atom is -0.362 e. The lowest BCUT2D eigenvalue weighted by molar-refractivity contribution is 0.0951. The van der Waals surface area contributed by atoms with Crippen LogP contribution in [0.3, 0.4) is 0 Å².